The van der Waals surface area contributed by atoms with Gasteiger partial charge in [0.05, 0.1) is 11.5 Å². The normalized spacial score (nSPS) is 13.9. The predicted octanol–water partition coefficient (Wildman–Crippen LogP) is 3.40. The molecule has 0 amide bonds. The lowest BCUT2D eigenvalue weighted by Gasteiger charge is -2.19. The zero-order valence-corrected chi connectivity index (χ0v) is 11.0. The quantitative estimate of drug-likeness (QED) is 0.391. The molecule has 0 atom stereocenters. The fourth-order valence-electron chi connectivity index (χ4n) is 1.17. The van der Waals surface area contributed by atoms with Crippen LogP contribution in [-0.2, 0) is 9.84 Å². The number of hydrogen-bond acceptors (Lipinski definition) is 2. The largest absolute Gasteiger partial charge is 0.453 e. The lowest BCUT2D eigenvalue weighted by Crippen LogP contribution is -2.36. The van der Waals surface area contributed by atoms with Crippen molar-refractivity contribution in [2.45, 2.75) is 37.8 Å². The van der Waals surface area contributed by atoms with Crippen LogP contribution in [0.5, 0.6) is 0 Å². The first kappa shape index (κ1) is 17.9. The molecule has 0 spiro atoms. The molecule has 0 bridgehead atoms. The second-order valence-electron chi connectivity index (χ2n) is 3.85. The van der Waals surface area contributed by atoms with Crippen molar-refractivity contribution in [1.82, 2.24) is 0 Å². The first-order chi connectivity index (χ1) is 8.02. The Bertz CT molecular complexity index is 339. The Morgan fingerprint density at radius 3 is 1.83 bits per heavy atom. The van der Waals surface area contributed by atoms with E-state index in [0.717, 1.165) is 0 Å². The van der Waals surface area contributed by atoms with Gasteiger partial charge in [0.2, 0.25) is 0 Å². The topological polar surface area (TPSA) is 34.1 Å². The third-order valence-corrected chi connectivity index (χ3v) is 4.29. The minimum atomic E-state index is -5.63. The maximum Gasteiger partial charge on any atom is 0.453 e. The lowest BCUT2D eigenvalue weighted by molar-refractivity contribution is -0.284. The Morgan fingerprint density at radius 2 is 1.39 bits per heavy atom. The summed E-state index contributed by atoms with van der Waals surface area (Å²) in [6.07, 6.45) is -7.11. The minimum absolute atomic E-state index is 0.239. The van der Waals surface area contributed by atoms with Crippen molar-refractivity contribution in [1.29, 1.82) is 0 Å². The third kappa shape index (κ3) is 6.72. The maximum absolute atomic E-state index is 12.5. The van der Waals surface area contributed by atoms with Crippen LogP contribution in [0, 0.1) is 0 Å². The minimum Gasteiger partial charge on any atom is -0.229 e. The van der Waals surface area contributed by atoms with E-state index in [-0.39, 0.29) is 18.1 Å². The molecule has 0 rings (SSSR count). The Morgan fingerprint density at radius 1 is 0.889 bits per heavy atom. The molecular weight excluding hydrogens is 303 g/mol. The highest BCUT2D eigenvalue weighted by Gasteiger charge is 2.56. The first-order valence-corrected chi connectivity index (χ1v) is 7.58. The van der Waals surface area contributed by atoms with E-state index in [4.69, 9.17) is 11.6 Å². The summed E-state index contributed by atoms with van der Waals surface area (Å²) in [7, 11) is -3.58. The summed E-state index contributed by atoms with van der Waals surface area (Å²) < 4.78 is 82.9. The molecule has 0 aliphatic carbocycles. The van der Waals surface area contributed by atoms with Crippen molar-refractivity contribution in [3.05, 3.63) is 0 Å². The van der Waals surface area contributed by atoms with Crippen LogP contribution in [0.1, 0.15) is 25.7 Å². The smallest absolute Gasteiger partial charge is 0.229 e. The second kappa shape index (κ2) is 6.88. The summed E-state index contributed by atoms with van der Waals surface area (Å²) in [6, 6.07) is 0. The molecule has 9 heteroatoms. The Balaban J connectivity index is 4.11. The molecule has 0 aromatic rings. The summed E-state index contributed by atoms with van der Waals surface area (Å²) in [5.41, 5.74) is 0. The summed E-state index contributed by atoms with van der Waals surface area (Å²) in [5, 5.41) is 0. The number of sulfone groups is 1. The van der Waals surface area contributed by atoms with Gasteiger partial charge in [-0.1, -0.05) is 0 Å². The van der Waals surface area contributed by atoms with Gasteiger partial charge in [0.25, 0.3) is 0 Å². The molecule has 0 saturated carbocycles. The zero-order chi connectivity index (χ0) is 14.4. The molecule has 0 unspecified atom stereocenters. The van der Waals surface area contributed by atoms with E-state index in [2.05, 4.69) is 0 Å². The van der Waals surface area contributed by atoms with Gasteiger partial charge in [-0.3, -0.25) is 0 Å². The molecule has 0 radical (unpaired) electrons. The Labute approximate surface area is 107 Å². The Kier molecular flexibility index (Phi) is 6.84. The van der Waals surface area contributed by atoms with Gasteiger partial charge < -0.3 is 0 Å². The molecule has 2 nitrogen and oxygen atoms in total. The number of alkyl halides is 6. The van der Waals surface area contributed by atoms with E-state index in [1.807, 2.05) is 0 Å². The molecule has 0 aromatic heterocycles. The van der Waals surface area contributed by atoms with Crippen LogP contribution >= 0.6 is 11.6 Å². The molecule has 0 saturated heterocycles. The van der Waals surface area contributed by atoms with Gasteiger partial charge >= 0.3 is 12.1 Å². The van der Waals surface area contributed by atoms with Gasteiger partial charge in [0.15, 0.2) is 0 Å². The van der Waals surface area contributed by atoms with Crippen LogP contribution in [0.3, 0.4) is 0 Å². The molecule has 18 heavy (non-hydrogen) atoms. The highest BCUT2D eigenvalue weighted by Crippen LogP contribution is 2.38. The van der Waals surface area contributed by atoms with E-state index < -0.39 is 40.5 Å². The van der Waals surface area contributed by atoms with E-state index >= 15 is 0 Å². The first-order valence-electron chi connectivity index (χ1n) is 5.23. The van der Waals surface area contributed by atoms with Gasteiger partial charge in [0, 0.05) is 12.3 Å². The van der Waals surface area contributed by atoms with Crippen LogP contribution in [0.15, 0.2) is 0 Å². The molecule has 0 aromatic carbocycles. The van der Waals surface area contributed by atoms with E-state index in [9.17, 15) is 30.4 Å². The number of hydrogen-bond donors (Lipinski definition) is 0. The van der Waals surface area contributed by atoms with Gasteiger partial charge in [-0.2, -0.15) is 22.0 Å². The van der Waals surface area contributed by atoms with Crippen molar-refractivity contribution in [2.24, 2.45) is 0 Å². The fraction of sp³-hybridized carbons (Fsp3) is 1.00. The highest BCUT2D eigenvalue weighted by molar-refractivity contribution is 7.91. The molecule has 0 fully saturated rings. The van der Waals surface area contributed by atoms with Crippen molar-refractivity contribution < 1.29 is 30.4 Å². The van der Waals surface area contributed by atoms with E-state index in [0.29, 0.717) is 6.42 Å². The lowest BCUT2D eigenvalue weighted by atomic mass is 10.2. The van der Waals surface area contributed by atoms with E-state index in [1.54, 1.807) is 0 Å². The highest BCUT2D eigenvalue weighted by atomic mass is 35.5. The van der Waals surface area contributed by atoms with E-state index in [1.165, 1.54) is 0 Å². The van der Waals surface area contributed by atoms with Crippen molar-refractivity contribution in [2.75, 3.05) is 17.4 Å². The molecule has 0 aliphatic rings. The van der Waals surface area contributed by atoms with Gasteiger partial charge in [-0.15, -0.1) is 11.6 Å². The predicted molar refractivity (Wildman–Crippen MR) is 58.8 cm³/mol. The van der Waals surface area contributed by atoms with Crippen LogP contribution in [-0.4, -0.2) is 37.9 Å². The van der Waals surface area contributed by atoms with Crippen molar-refractivity contribution in [3.8, 4) is 0 Å². The molecule has 0 aliphatic heterocycles. The second-order valence-corrected chi connectivity index (χ2v) is 6.54. The average Bonchev–Trinajstić information content (AvgIpc) is 2.15. The average molecular weight is 317 g/mol. The van der Waals surface area contributed by atoms with Gasteiger partial charge in [0.1, 0.15) is 9.84 Å². The van der Waals surface area contributed by atoms with Crippen molar-refractivity contribution >= 4 is 21.4 Å². The third-order valence-electron chi connectivity index (χ3n) is 2.20. The summed E-state index contributed by atoms with van der Waals surface area (Å²) in [5.74, 6) is -5.46. The van der Waals surface area contributed by atoms with Gasteiger partial charge in [-0.05, 0) is 19.3 Å². The zero-order valence-electron chi connectivity index (χ0n) is 9.44. The number of rotatable bonds is 8. The van der Waals surface area contributed by atoms with Crippen LogP contribution < -0.4 is 0 Å². The molecular formula is C9H14ClF5O2S. The monoisotopic (exact) mass is 316 g/mol. The molecule has 0 N–H and O–H groups in total. The molecule has 110 valence electrons. The Hall–Kier alpha value is -0.110. The van der Waals surface area contributed by atoms with Gasteiger partial charge in [-0.25, -0.2) is 8.42 Å². The SMILES string of the molecule is O=S(=O)(CCCCCl)CCCC(F)(F)C(F)(F)F. The maximum atomic E-state index is 12.5. The summed E-state index contributed by atoms with van der Waals surface area (Å²) in [6.45, 7) is 0. The van der Waals surface area contributed by atoms with Crippen LogP contribution in [0.25, 0.3) is 0 Å². The number of unbranched alkanes of at least 4 members (excludes halogenated alkanes) is 1. The summed E-state index contributed by atoms with van der Waals surface area (Å²) in [4.78, 5) is 0. The fourth-order valence-corrected chi connectivity index (χ4v) is 2.80. The number of halogens is 6. The summed E-state index contributed by atoms with van der Waals surface area (Å²) >= 11 is 5.33. The standard InChI is InChI=1S/C9H14ClF5O2S/c10-5-1-2-6-18(16,17)7-3-4-8(11,12)9(13,14)15/h1-7H2. The van der Waals surface area contributed by atoms with Crippen molar-refractivity contribution in [3.63, 3.8) is 0 Å². The molecule has 0 heterocycles. The van der Waals surface area contributed by atoms with Crippen LogP contribution in [0.4, 0.5) is 22.0 Å². The van der Waals surface area contributed by atoms with Crippen LogP contribution in [0.2, 0.25) is 0 Å².